The van der Waals surface area contributed by atoms with Crippen molar-refractivity contribution < 1.29 is 9.53 Å². The average molecular weight is 359 g/mol. The van der Waals surface area contributed by atoms with Crippen LogP contribution in [0.4, 0.5) is 5.69 Å². The van der Waals surface area contributed by atoms with Gasteiger partial charge in [0.1, 0.15) is 5.75 Å². The molecule has 3 heteroatoms. The van der Waals surface area contributed by atoms with Gasteiger partial charge in [-0.25, -0.2) is 0 Å². The number of carbonyl (C=O) groups excluding carboxylic acids is 1. The normalized spacial score (nSPS) is 11.9. The van der Waals surface area contributed by atoms with Gasteiger partial charge in [0.15, 0.2) is 6.10 Å². The third kappa shape index (κ3) is 4.98. The number of benzene rings is 3. The smallest absolute Gasteiger partial charge is 0.265 e. The van der Waals surface area contributed by atoms with Crippen LogP contribution in [0.2, 0.25) is 0 Å². The van der Waals surface area contributed by atoms with Crippen molar-refractivity contribution in [2.45, 2.75) is 32.8 Å². The maximum Gasteiger partial charge on any atom is 0.265 e. The highest BCUT2D eigenvalue weighted by Gasteiger charge is 2.15. The molecule has 0 saturated heterocycles. The zero-order valence-electron chi connectivity index (χ0n) is 16.0. The first-order valence-corrected chi connectivity index (χ1v) is 9.26. The van der Waals surface area contributed by atoms with E-state index >= 15 is 0 Å². The Morgan fingerprint density at radius 1 is 0.778 bits per heavy atom. The van der Waals surface area contributed by atoms with E-state index in [0.717, 1.165) is 16.8 Å². The summed E-state index contributed by atoms with van der Waals surface area (Å²) in [6, 6.07) is 25.9. The molecular weight excluding hydrogens is 334 g/mol. The summed E-state index contributed by atoms with van der Waals surface area (Å²) in [5, 5.41) is 2.90. The lowest BCUT2D eigenvalue weighted by Crippen LogP contribution is -2.30. The molecule has 0 spiro atoms. The molecule has 0 aromatic heterocycles. The fraction of sp³-hybridized carbons (Fsp3) is 0.208. The van der Waals surface area contributed by atoms with Crippen molar-refractivity contribution in [2.75, 3.05) is 5.32 Å². The lowest BCUT2D eigenvalue weighted by molar-refractivity contribution is -0.122. The summed E-state index contributed by atoms with van der Waals surface area (Å²) < 4.78 is 5.79. The standard InChI is InChI=1S/C24H25NO2/c1-17(2)19-9-13-22(14-10-19)25-24(26)18(3)27-23-15-11-21(12-16-23)20-7-5-4-6-8-20/h4-18H,1-3H3,(H,25,26). The molecule has 1 N–H and O–H groups in total. The molecule has 3 nitrogen and oxygen atoms in total. The SMILES string of the molecule is CC(Oc1ccc(-c2ccccc2)cc1)C(=O)Nc1ccc(C(C)C)cc1. The number of hydrogen-bond acceptors (Lipinski definition) is 2. The highest BCUT2D eigenvalue weighted by molar-refractivity contribution is 5.94. The largest absolute Gasteiger partial charge is 0.481 e. The molecule has 0 heterocycles. The summed E-state index contributed by atoms with van der Waals surface area (Å²) in [7, 11) is 0. The van der Waals surface area contributed by atoms with Gasteiger partial charge in [0.25, 0.3) is 5.91 Å². The minimum Gasteiger partial charge on any atom is -0.481 e. The molecule has 1 amide bonds. The van der Waals surface area contributed by atoms with E-state index in [2.05, 4.69) is 31.3 Å². The maximum atomic E-state index is 12.4. The van der Waals surface area contributed by atoms with E-state index in [9.17, 15) is 4.79 Å². The first-order chi connectivity index (χ1) is 13.0. The second kappa shape index (κ2) is 8.54. The Hall–Kier alpha value is -3.07. The molecule has 3 rings (SSSR count). The Bertz CT molecular complexity index is 869. The monoisotopic (exact) mass is 359 g/mol. The molecule has 138 valence electrons. The first-order valence-electron chi connectivity index (χ1n) is 9.26. The van der Waals surface area contributed by atoms with Gasteiger partial charge in [0, 0.05) is 5.69 Å². The molecule has 0 aliphatic carbocycles. The van der Waals surface area contributed by atoms with Gasteiger partial charge in [-0.05, 0) is 53.8 Å². The predicted molar refractivity (Wildman–Crippen MR) is 111 cm³/mol. The van der Waals surface area contributed by atoms with Gasteiger partial charge in [0.05, 0.1) is 0 Å². The van der Waals surface area contributed by atoms with Crippen LogP contribution in [0.25, 0.3) is 11.1 Å². The quantitative estimate of drug-likeness (QED) is 0.596. The number of carbonyl (C=O) groups is 1. The van der Waals surface area contributed by atoms with E-state index in [0.29, 0.717) is 11.7 Å². The highest BCUT2D eigenvalue weighted by Crippen LogP contribution is 2.23. The van der Waals surface area contributed by atoms with Gasteiger partial charge in [0.2, 0.25) is 0 Å². The van der Waals surface area contributed by atoms with Gasteiger partial charge >= 0.3 is 0 Å². The molecule has 27 heavy (non-hydrogen) atoms. The van der Waals surface area contributed by atoms with E-state index in [1.807, 2.05) is 66.7 Å². The van der Waals surface area contributed by atoms with Crippen molar-refractivity contribution in [3.8, 4) is 16.9 Å². The van der Waals surface area contributed by atoms with Crippen molar-refractivity contribution in [3.63, 3.8) is 0 Å². The molecule has 1 unspecified atom stereocenters. The second-order valence-corrected chi connectivity index (χ2v) is 6.92. The van der Waals surface area contributed by atoms with E-state index in [1.165, 1.54) is 5.56 Å². The Labute approximate surface area is 161 Å². The van der Waals surface area contributed by atoms with Crippen LogP contribution < -0.4 is 10.1 Å². The molecule has 3 aromatic rings. The minimum atomic E-state index is -0.586. The van der Waals surface area contributed by atoms with Crippen molar-refractivity contribution >= 4 is 11.6 Å². The number of rotatable bonds is 6. The maximum absolute atomic E-state index is 12.4. The van der Waals surface area contributed by atoms with Gasteiger partial charge in [-0.15, -0.1) is 0 Å². The first kappa shape index (κ1) is 18.7. The summed E-state index contributed by atoms with van der Waals surface area (Å²) >= 11 is 0. The highest BCUT2D eigenvalue weighted by atomic mass is 16.5. The van der Waals surface area contributed by atoms with Crippen LogP contribution in [0.15, 0.2) is 78.9 Å². The number of anilines is 1. The zero-order valence-corrected chi connectivity index (χ0v) is 16.0. The summed E-state index contributed by atoms with van der Waals surface area (Å²) in [5.41, 5.74) is 4.29. The third-order valence-electron chi connectivity index (χ3n) is 4.49. The van der Waals surface area contributed by atoms with Crippen LogP contribution in [-0.2, 0) is 4.79 Å². The number of ether oxygens (including phenoxy) is 1. The molecule has 0 aliphatic heterocycles. The summed E-state index contributed by atoms with van der Waals surface area (Å²) in [6.07, 6.45) is -0.586. The Kier molecular flexibility index (Phi) is 5.92. The summed E-state index contributed by atoms with van der Waals surface area (Å²) in [4.78, 5) is 12.4. The Balaban J connectivity index is 1.59. The van der Waals surface area contributed by atoms with Crippen LogP contribution >= 0.6 is 0 Å². The van der Waals surface area contributed by atoms with Crippen molar-refractivity contribution in [1.82, 2.24) is 0 Å². The molecule has 0 bridgehead atoms. The van der Waals surface area contributed by atoms with Gasteiger partial charge < -0.3 is 10.1 Å². The lowest BCUT2D eigenvalue weighted by atomic mass is 10.0. The molecule has 1 atom stereocenters. The van der Waals surface area contributed by atoms with E-state index < -0.39 is 6.10 Å². The average Bonchev–Trinajstić information content (AvgIpc) is 2.69. The second-order valence-electron chi connectivity index (χ2n) is 6.92. The van der Waals surface area contributed by atoms with Gasteiger partial charge in [-0.2, -0.15) is 0 Å². The number of hydrogen-bond donors (Lipinski definition) is 1. The van der Waals surface area contributed by atoms with Crippen LogP contribution in [-0.4, -0.2) is 12.0 Å². The fourth-order valence-corrected chi connectivity index (χ4v) is 2.81. The predicted octanol–water partition coefficient (Wildman–Crippen LogP) is 5.88. The number of nitrogens with one attached hydrogen (secondary N) is 1. The van der Waals surface area contributed by atoms with Crippen LogP contribution in [0.1, 0.15) is 32.3 Å². The van der Waals surface area contributed by atoms with Crippen molar-refractivity contribution in [2.24, 2.45) is 0 Å². The minimum absolute atomic E-state index is 0.167. The summed E-state index contributed by atoms with van der Waals surface area (Å²) in [6.45, 7) is 6.04. The van der Waals surface area contributed by atoms with Gasteiger partial charge in [-0.1, -0.05) is 68.4 Å². The molecular formula is C24H25NO2. The Morgan fingerprint density at radius 3 is 1.96 bits per heavy atom. The zero-order chi connectivity index (χ0) is 19.2. The van der Waals surface area contributed by atoms with Gasteiger partial charge in [-0.3, -0.25) is 4.79 Å². The van der Waals surface area contributed by atoms with Crippen LogP contribution in [0.5, 0.6) is 5.75 Å². The summed E-state index contributed by atoms with van der Waals surface area (Å²) in [5.74, 6) is 0.975. The van der Waals surface area contributed by atoms with E-state index in [1.54, 1.807) is 6.92 Å². The lowest BCUT2D eigenvalue weighted by Gasteiger charge is -2.15. The van der Waals surface area contributed by atoms with E-state index in [-0.39, 0.29) is 5.91 Å². The topological polar surface area (TPSA) is 38.3 Å². The molecule has 3 aromatic carbocycles. The molecule has 0 saturated carbocycles. The molecule has 0 radical (unpaired) electrons. The molecule has 0 aliphatic rings. The van der Waals surface area contributed by atoms with Crippen LogP contribution in [0.3, 0.4) is 0 Å². The van der Waals surface area contributed by atoms with Crippen molar-refractivity contribution in [1.29, 1.82) is 0 Å². The molecule has 0 fully saturated rings. The van der Waals surface area contributed by atoms with E-state index in [4.69, 9.17) is 4.74 Å². The number of amides is 1. The Morgan fingerprint density at radius 2 is 1.37 bits per heavy atom. The van der Waals surface area contributed by atoms with Crippen LogP contribution in [0, 0.1) is 0 Å². The fourth-order valence-electron chi connectivity index (χ4n) is 2.81. The third-order valence-corrected chi connectivity index (χ3v) is 4.49. The van der Waals surface area contributed by atoms with Crippen molar-refractivity contribution in [3.05, 3.63) is 84.4 Å².